The van der Waals surface area contributed by atoms with Crippen LogP contribution < -0.4 is 10.1 Å². The fourth-order valence-electron chi connectivity index (χ4n) is 2.73. The van der Waals surface area contributed by atoms with E-state index in [2.05, 4.69) is 10.3 Å². The average Bonchev–Trinajstić information content (AvgIpc) is 3.07. The second-order valence-electron chi connectivity index (χ2n) is 5.78. The molecule has 0 aliphatic rings. The molecule has 134 valence electrons. The first kappa shape index (κ1) is 17.7. The van der Waals surface area contributed by atoms with Crippen LogP contribution in [0.15, 0.2) is 60.9 Å². The lowest BCUT2D eigenvalue weighted by molar-refractivity contribution is 0.0940. The smallest absolute Gasteiger partial charge is 0.252 e. The molecule has 5 nitrogen and oxygen atoms in total. The molecule has 3 rings (SSSR count). The summed E-state index contributed by atoms with van der Waals surface area (Å²) >= 11 is 0. The van der Waals surface area contributed by atoms with Crippen LogP contribution in [0.2, 0.25) is 0 Å². The standard InChI is InChI=1S/C20H20FN3O2/c1-3-26-15-10-8-14(9-11-15)20(25)23-18(19-22-12-13-24(19)2)16-6-4-5-7-17(16)21/h4-13,18H,3H2,1-2H3,(H,23,25). The summed E-state index contributed by atoms with van der Waals surface area (Å²) in [6.07, 6.45) is 3.37. The van der Waals surface area contributed by atoms with Crippen molar-refractivity contribution in [2.75, 3.05) is 6.61 Å². The average molecular weight is 353 g/mol. The Morgan fingerprint density at radius 1 is 1.23 bits per heavy atom. The third-order valence-electron chi connectivity index (χ3n) is 4.04. The largest absolute Gasteiger partial charge is 0.494 e. The van der Waals surface area contributed by atoms with Gasteiger partial charge in [0.1, 0.15) is 23.4 Å². The second-order valence-corrected chi connectivity index (χ2v) is 5.78. The van der Waals surface area contributed by atoms with E-state index in [0.717, 1.165) is 0 Å². The van der Waals surface area contributed by atoms with Crippen molar-refractivity contribution in [3.05, 3.63) is 83.7 Å². The minimum atomic E-state index is -0.699. The predicted molar refractivity (Wildman–Crippen MR) is 96.5 cm³/mol. The van der Waals surface area contributed by atoms with Crippen LogP contribution in [0.1, 0.15) is 34.7 Å². The van der Waals surface area contributed by atoms with Gasteiger partial charge in [-0.05, 0) is 37.3 Å². The van der Waals surface area contributed by atoms with Gasteiger partial charge in [-0.3, -0.25) is 4.79 Å². The van der Waals surface area contributed by atoms with E-state index in [9.17, 15) is 9.18 Å². The van der Waals surface area contributed by atoms with Gasteiger partial charge >= 0.3 is 0 Å². The van der Waals surface area contributed by atoms with E-state index in [1.54, 1.807) is 66.5 Å². The number of aromatic nitrogens is 2. The van der Waals surface area contributed by atoms with E-state index in [1.165, 1.54) is 6.07 Å². The summed E-state index contributed by atoms with van der Waals surface area (Å²) in [5.41, 5.74) is 0.824. The Labute approximate surface area is 151 Å². The van der Waals surface area contributed by atoms with E-state index < -0.39 is 11.9 Å². The Morgan fingerprint density at radius 3 is 2.58 bits per heavy atom. The second kappa shape index (κ2) is 7.82. The van der Waals surface area contributed by atoms with Crippen molar-refractivity contribution in [2.45, 2.75) is 13.0 Å². The third-order valence-corrected chi connectivity index (χ3v) is 4.04. The molecule has 3 aromatic rings. The lowest BCUT2D eigenvalue weighted by Crippen LogP contribution is -2.31. The first-order valence-corrected chi connectivity index (χ1v) is 8.35. The number of carbonyl (C=O) groups excluding carboxylic acids is 1. The normalized spacial score (nSPS) is 11.8. The van der Waals surface area contributed by atoms with Crippen LogP contribution in [-0.4, -0.2) is 22.1 Å². The topological polar surface area (TPSA) is 56.1 Å². The van der Waals surface area contributed by atoms with Crippen molar-refractivity contribution in [2.24, 2.45) is 7.05 Å². The number of imidazole rings is 1. The van der Waals surface area contributed by atoms with Crippen molar-refractivity contribution in [1.82, 2.24) is 14.9 Å². The summed E-state index contributed by atoms with van der Waals surface area (Å²) in [5.74, 6) is 0.532. The number of carbonyl (C=O) groups is 1. The van der Waals surface area contributed by atoms with Crippen LogP contribution in [0.5, 0.6) is 5.75 Å². The van der Waals surface area contributed by atoms with E-state index in [0.29, 0.717) is 29.3 Å². The van der Waals surface area contributed by atoms with E-state index in [-0.39, 0.29) is 5.91 Å². The molecule has 0 spiro atoms. The SMILES string of the molecule is CCOc1ccc(C(=O)NC(c2ccccc2F)c2nccn2C)cc1. The molecule has 0 aliphatic heterocycles. The highest BCUT2D eigenvalue weighted by molar-refractivity contribution is 5.94. The van der Waals surface area contributed by atoms with Crippen LogP contribution in [0, 0.1) is 5.82 Å². The van der Waals surface area contributed by atoms with Gasteiger partial charge in [0.05, 0.1) is 6.61 Å². The molecule has 1 unspecified atom stereocenters. The van der Waals surface area contributed by atoms with Gasteiger partial charge in [0.15, 0.2) is 0 Å². The van der Waals surface area contributed by atoms with Gasteiger partial charge in [0.2, 0.25) is 0 Å². The van der Waals surface area contributed by atoms with E-state index >= 15 is 0 Å². The molecule has 0 saturated carbocycles. The summed E-state index contributed by atoms with van der Waals surface area (Å²) < 4.78 is 21.5. The Morgan fingerprint density at radius 2 is 1.96 bits per heavy atom. The minimum Gasteiger partial charge on any atom is -0.494 e. The Balaban J connectivity index is 1.90. The molecule has 1 N–H and O–H groups in total. The number of aryl methyl sites for hydroxylation is 1. The van der Waals surface area contributed by atoms with Crippen LogP contribution in [0.3, 0.4) is 0 Å². The molecule has 1 amide bonds. The number of benzene rings is 2. The lowest BCUT2D eigenvalue weighted by atomic mass is 10.0. The molecule has 1 aromatic heterocycles. The zero-order valence-corrected chi connectivity index (χ0v) is 14.6. The van der Waals surface area contributed by atoms with Crippen LogP contribution in [-0.2, 0) is 7.05 Å². The van der Waals surface area contributed by atoms with Crippen molar-refractivity contribution < 1.29 is 13.9 Å². The van der Waals surface area contributed by atoms with Gasteiger partial charge in [-0.25, -0.2) is 9.37 Å². The van der Waals surface area contributed by atoms with E-state index in [1.807, 2.05) is 6.92 Å². The highest BCUT2D eigenvalue weighted by Gasteiger charge is 2.24. The fraction of sp³-hybridized carbons (Fsp3) is 0.200. The molecular formula is C20H20FN3O2. The molecule has 6 heteroatoms. The Hall–Kier alpha value is -3.15. The number of ether oxygens (including phenoxy) is 1. The molecule has 26 heavy (non-hydrogen) atoms. The molecular weight excluding hydrogens is 333 g/mol. The van der Waals surface area contributed by atoms with Crippen molar-refractivity contribution in [3.63, 3.8) is 0 Å². The number of nitrogens with zero attached hydrogens (tertiary/aromatic N) is 2. The van der Waals surface area contributed by atoms with Crippen LogP contribution in [0.4, 0.5) is 4.39 Å². The number of amides is 1. The highest BCUT2D eigenvalue weighted by Crippen LogP contribution is 2.24. The van der Waals surface area contributed by atoms with Gasteiger partial charge < -0.3 is 14.6 Å². The van der Waals surface area contributed by atoms with Gasteiger partial charge in [-0.1, -0.05) is 18.2 Å². The zero-order valence-electron chi connectivity index (χ0n) is 14.6. The minimum absolute atomic E-state index is 0.315. The fourth-order valence-corrected chi connectivity index (χ4v) is 2.73. The van der Waals surface area contributed by atoms with E-state index in [4.69, 9.17) is 4.74 Å². The van der Waals surface area contributed by atoms with Crippen molar-refractivity contribution >= 4 is 5.91 Å². The molecule has 0 aliphatic carbocycles. The summed E-state index contributed by atoms with van der Waals surface area (Å²) in [6.45, 7) is 2.45. The van der Waals surface area contributed by atoms with Gasteiger partial charge in [0.25, 0.3) is 5.91 Å². The van der Waals surface area contributed by atoms with Gasteiger partial charge in [-0.2, -0.15) is 0 Å². The first-order valence-electron chi connectivity index (χ1n) is 8.35. The molecule has 0 saturated heterocycles. The number of hydrogen-bond donors (Lipinski definition) is 1. The maximum absolute atomic E-state index is 14.3. The Kier molecular flexibility index (Phi) is 5.31. The van der Waals surface area contributed by atoms with Crippen molar-refractivity contribution in [1.29, 1.82) is 0 Å². The summed E-state index contributed by atoms with van der Waals surface area (Å²) in [6, 6.07) is 12.5. The lowest BCUT2D eigenvalue weighted by Gasteiger charge is -2.20. The first-order chi connectivity index (χ1) is 12.6. The predicted octanol–water partition coefficient (Wildman–Crippen LogP) is 3.48. The molecule has 0 radical (unpaired) electrons. The summed E-state index contributed by atoms with van der Waals surface area (Å²) in [4.78, 5) is 17.0. The van der Waals surface area contributed by atoms with Gasteiger partial charge in [-0.15, -0.1) is 0 Å². The van der Waals surface area contributed by atoms with Crippen molar-refractivity contribution in [3.8, 4) is 5.75 Å². The molecule has 2 aromatic carbocycles. The zero-order chi connectivity index (χ0) is 18.5. The summed E-state index contributed by atoms with van der Waals surface area (Å²) in [7, 11) is 1.80. The number of rotatable bonds is 6. The third kappa shape index (κ3) is 3.74. The quantitative estimate of drug-likeness (QED) is 0.738. The Bertz CT molecular complexity index is 890. The molecule has 0 fully saturated rings. The molecule has 1 atom stereocenters. The van der Waals surface area contributed by atoms with Crippen LogP contribution >= 0.6 is 0 Å². The monoisotopic (exact) mass is 353 g/mol. The maximum Gasteiger partial charge on any atom is 0.252 e. The highest BCUT2D eigenvalue weighted by atomic mass is 19.1. The van der Waals surface area contributed by atoms with Crippen LogP contribution in [0.25, 0.3) is 0 Å². The number of halogens is 1. The number of hydrogen-bond acceptors (Lipinski definition) is 3. The molecule has 1 heterocycles. The number of nitrogens with one attached hydrogen (secondary N) is 1. The maximum atomic E-state index is 14.3. The summed E-state index contributed by atoms with van der Waals surface area (Å²) in [5, 5.41) is 2.88. The molecule has 0 bridgehead atoms. The van der Waals surface area contributed by atoms with Gasteiger partial charge in [0, 0.05) is 30.6 Å².